The zero-order chi connectivity index (χ0) is 6.85. The Kier molecular flexibility index (Phi) is 2.09. The summed E-state index contributed by atoms with van der Waals surface area (Å²) in [6, 6.07) is 0.597. The van der Waals surface area contributed by atoms with Crippen molar-refractivity contribution in [2.45, 2.75) is 31.9 Å². The Bertz CT molecular complexity index is 94.9. The Labute approximate surface area is 56.3 Å². The van der Waals surface area contributed by atoms with Gasteiger partial charge in [-0.3, -0.25) is 0 Å². The second-order valence-corrected chi connectivity index (χ2v) is 2.77. The highest BCUT2D eigenvalue weighted by Crippen LogP contribution is 2.34. The van der Waals surface area contributed by atoms with Crippen LogP contribution < -0.4 is 5.32 Å². The quantitative estimate of drug-likeness (QED) is 0.577. The zero-order valence-electron chi connectivity index (χ0n) is 6.09. The van der Waals surface area contributed by atoms with E-state index in [1.165, 1.54) is 0 Å². The van der Waals surface area contributed by atoms with Gasteiger partial charge in [0.2, 0.25) is 0 Å². The van der Waals surface area contributed by atoms with Crippen molar-refractivity contribution >= 4 is 0 Å². The number of aliphatic hydroxyl groups excluding tert-OH is 1. The fourth-order valence-corrected chi connectivity index (χ4v) is 1.27. The van der Waals surface area contributed by atoms with E-state index in [2.05, 4.69) is 5.32 Å². The summed E-state index contributed by atoms with van der Waals surface area (Å²) in [6.07, 6.45) is 1.98. The molecule has 2 heteroatoms. The first-order valence-electron chi connectivity index (χ1n) is 3.65. The topological polar surface area (TPSA) is 32.3 Å². The lowest BCUT2D eigenvalue weighted by molar-refractivity contribution is 0.143. The van der Waals surface area contributed by atoms with Crippen molar-refractivity contribution in [2.75, 3.05) is 7.05 Å². The monoisotopic (exact) mass is 129 g/mol. The number of aliphatic hydroxyl groups is 1. The minimum absolute atomic E-state index is 0.0672. The lowest BCUT2D eigenvalue weighted by Gasteiger charge is -2.04. The molecule has 0 amide bonds. The number of rotatable bonds is 3. The van der Waals surface area contributed by atoms with Crippen LogP contribution in [0.2, 0.25) is 0 Å². The minimum atomic E-state index is -0.0672. The van der Waals surface area contributed by atoms with Gasteiger partial charge in [0, 0.05) is 12.0 Å². The first-order valence-corrected chi connectivity index (χ1v) is 3.65. The molecule has 0 bridgehead atoms. The van der Waals surface area contributed by atoms with Gasteiger partial charge in [-0.1, -0.05) is 6.92 Å². The summed E-state index contributed by atoms with van der Waals surface area (Å²) in [6.45, 7) is 2.02. The van der Waals surface area contributed by atoms with Gasteiger partial charge in [-0.15, -0.1) is 0 Å². The molecular formula is C7H15NO. The SMILES string of the molecule is CC[C@@H](O)C1CC1NC. The molecule has 2 N–H and O–H groups in total. The molecular weight excluding hydrogens is 114 g/mol. The summed E-state index contributed by atoms with van der Waals surface area (Å²) in [4.78, 5) is 0. The Morgan fingerprint density at radius 1 is 1.78 bits per heavy atom. The maximum atomic E-state index is 9.26. The predicted octanol–water partition coefficient (Wildman–Crippen LogP) is 0.365. The van der Waals surface area contributed by atoms with E-state index in [1.807, 2.05) is 14.0 Å². The molecule has 0 aromatic heterocycles. The molecule has 1 aliphatic carbocycles. The molecule has 54 valence electrons. The van der Waals surface area contributed by atoms with Gasteiger partial charge in [-0.2, -0.15) is 0 Å². The van der Waals surface area contributed by atoms with E-state index in [9.17, 15) is 5.11 Å². The van der Waals surface area contributed by atoms with Crippen molar-refractivity contribution in [3.05, 3.63) is 0 Å². The van der Waals surface area contributed by atoms with Crippen molar-refractivity contribution < 1.29 is 5.11 Å². The molecule has 2 unspecified atom stereocenters. The molecule has 3 atom stereocenters. The van der Waals surface area contributed by atoms with Gasteiger partial charge < -0.3 is 10.4 Å². The molecule has 0 radical (unpaired) electrons. The van der Waals surface area contributed by atoms with Gasteiger partial charge in [0.15, 0.2) is 0 Å². The highest BCUT2D eigenvalue weighted by atomic mass is 16.3. The van der Waals surface area contributed by atoms with Crippen LogP contribution in [0.4, 0.5) is 0 Å². The highest BCUT2D eigenvalue weighted by Gasteiger charge is 2.40. The van der Waals surface area contributed by atoms with E-state index in [1.54, 1.807) is 0 Å². The second kappa shape index (κ2) is 2.67. The average Bonchev–Trinajstić information content (AvgIpc) is 2.64. The Morgan fingerprint density at radius 3 is 2.78 bits per heavy atom. The van der Waals surface area contributed by atoms with E-state index in [-0.39, 0.29) is 6.10 Å². The zero-order valence-corrected chi connectivity index (χ0v) is 6.09. The normalized spacial score (nSPS) is 36.3. The molecule has 1 fully saturated rings. The molecule has 1 rings (SSSR count). The van der Waals surface area contributed by atoms with Crippen LogP contribution in [-0.2, 0) is 0 Å². The van der Waals surface area contributed by atoms with Crippen LogP contribution in [0.3, 0.4) is 0 Å². The molecule has 0 saturated heterocycles. The number of hydrogen-bond donors (Lipinski definition) is 2. The van der Waals surface area contributed by atoms with Crippen LogP contribution in [-0.4, -0.2) is 24.3 Å². The Hall–Kier alpha value is -0.0800. The summed E-state index contributed by atoms with van der Waals surface area (Å²) in [5.41, 5.74) is 0. The third kappa shape index (κ3) is 1.43. The maximum Gasteiger partial charge on any atom is 0.0581 e. The Balaban J connectivity index is 2.17. The van der Waals surface area contributed by atoms with Gasteiger partial charge in [-0.05, 0) is 19.9 Å². The average molecular weight is 129 g/mol. The lowest BCUT2D eigenvalue weighted by atomic mass is 10.2. The summed E-state index contributed by atoms with van der Waals surface area (Å²) in [5, 5.41) is 12.4. The first kappa shape index (κ1) is 7.03. The lowest BCUT2D eigenvalue weighted by Crippen LogP contribution is -2.18. The predicted molar refractivity (Wildman–Crippen MR) is 37.3 cm³/mol. The molecule has 0 heterocycles. The number of nitrogens with one attached hydrogen (secondary N) is 1. The van der Waals surface area contributed by atoms with Crippen molar-refractivity contribution in [3.63, 3.8) is 0 Å². The van der Waals surface area contributed by atoms with Crippen molar-refractivity contribution in [2.24, 2.45) is 5.92 Å². The van der Waals surface area contributed by atoms with Crippen molar-refractivity contribution in [1.29, 1.82) is 0 Å². The maximum absolute atomic E-state index is 9.26. The molecule has 0 aromatic rings. The smallest absolute Gasteiger partial charge is 0.0581 e. The summed E-state index contributed by atoms with van der Waals surface area (Å²) in [7, 11) is 1.95. The van der Waals surface area contributed by atoms with Crippen LogP contribution in [0.15, 0.2) is 0 Å². The first-order chi connectivity index (χ1) is 4.29. The third-order valence-corrected chi connectivity index (χ3v) is 2.12. The van der Waals surface area contributed by atoms with E-state index >= 15 is 0 Å². The molecule has 1 saturated carbocycles. The molecule has 0 aliphatic heterocycles. The summed E-state index contributed by atoms with van der Waals surface area (Å²) >= 11 is 0. The fourth-order valence-electron chi connectivity index (χ4n) is 1.27. The van der Waals surface area contributed by atoms with Gasteiger partial charge in [-0.25, -0.2) is 0 Å². The van der Waals surface area contributed by atoms with Crippen LogP contribution >= 0.6 is 0 Å². The van der Waals surface area contributed by atoms with E-state index in [0.29, 0.717) is 12.0 Å². The van der Waals surface area contributed by atoms with Crippen LogP contribution in [0.1, 0.15) is 19.8 Å². The molecule has 2 nitrogen and oxygen atoms in total. The van der Waals surface area contributed by atoms with Crippen LogP contribution in [0.5, 0.6) is 0 Å². The highest BCUT2D eigenvalue weighted by molar-refractivity contribution is 4.95. The van der Waals surface area contributed by atoms with Crippen molar-refractivity contribution in [1.82, 2.24) is 5.32 Å². The third-order valence-electron chi connectivity index (χ3n) is 2.12. The van der Waals surface area contributed by atoms with Crippen LogP contribution in [0.25, 0.3) is 0 Å². The van der Waals surface area contributed by atoms with E-state index < -0.39 is 0 Å². The minimum Gasteiger partial charge on any atom is -0.393 e. The van der Waals surface area contributed by atoms with Gasteiger partial charge in [0.25, 0.3) is 0 Å². The van der Waals surface area contributed by atoms with Crippen molar-refractivity contribution in [3.8, 4) is 0 Å². The fraction of sp³-hybridized carbons (Fsp3) is 1.00. The van der Waals surface area contributed by atoms with Crippen LogP contribution in [0, 0.1) is 5.92 Å². The van der Waals surface area contributed by atoms with E-state index in [0.717, 1.165) is 12.8 Å². The summed E-state index contributed by atoms with van der Waals surface area (Å²) in [5.74, 6) is 0.542. The molecule has 0 aromatic carbocycles. The standard InChI is InChI=1S/C7H15NO/c1-3-7(9)5-4-6(5)8-2/h5-9H,3-4H2,1-2H3/t5?,6?,7-/m1/s1. The molecule has 1 aliphatic rings. The van der Waals surface area contributed by atoms with E-state index in [4.69, 9.17) is 0 Å². The second-order valence-electron chi connectivity index (χ2n) is 2.77. The number of hydrogen-bond acceptors (Lipinski definition) is 2. The van der Waals surface area contributed by atoms with Gasteiger partial charge in [0.05, 0.1) is 6.10 Å². The van der Waals surface area contributed by atoms with Gasteiger partial charge in [0.1, 0.15) is 0 Å². The summed E-state index contributed by atoms with van der Waals surface area (Å²) < 4.78 is 0. The van der Waals surface area contributed by atoms with Gasteiger partial charge >= 0.3 is 0 Å². The molecule has 0 spiro atoms. The largest absolute Gasteiger partial charge is 0.393 e. The molecule has 9 heavy (non-hydrogen) atoms. The Morgan fingerprint density at radius 2 is 2.44 bits per heavy atom.